The lowest BCUT2D eigenvalue weighted by Gasteiger charge is -2.34. The molecule has 0 aromatic heterocycles. The van der Waals surface area contributed by atoms with Crippen LogP contribution in [0.25, 0.3) is 5.57 Å². The molecule has 1 unspecified atom stereocenters. The van der Waals surface area contributed by atoms with Crippen molar-refractivity contribution in [2.24, 2.45) is 5.92 Å². The molecule has 23 heavy (non-hydrogen) atoms. The summed E-state index contributed by atoms with van der Waals surface area (Å²) in [5, 5.41) is 0. The molecular weight excluding hydrogens is 282 g/mol. The second-order valence-corrected chi connectivity index (χ2v) is 7.58. The average Bonchev–Trinajstić information content (AvgIpc) is 2.57. The lowest BCUT2D eigenvalue weighted by atomic mass is 9.88. The van der Waals surface area contributed by atoms with Gasteiger partial charge in [0.05, 0.1) is 0 Å². The van der Waals surface area contributed by atoms with Crippen LogP contribution in [0.15, 0.2) is 30.3 Å². The van der Waals surface area contributed by atoms with Gasteiger partial charge in [0.15, 0.2) is 0 Å². The quantitative estimate of drug-likeness (QED) is 0.763. The van der Waals surface area contributed by atoms with E-state index in [0.29, 0.717) is 12.1 Å². The third-order valence-corrected chi connectivity index (χ3v) is 5.41. The van der Waals surface area contributed by atoms with E-state index in [9.17, 15) is 0 Å². The fraction of sp³-hybridized carbons (Fsp3) is 0.619. The van der Waals surface area contributed by atoms with Crippen LogP contribution in [0.1, 0.15) is 58.4 Å². The molecule has 1 fully saturated rings. The van der Waals surface area contributed by atoms with Crippen LogP contribution in [0.5, 0.6) is 5.75 Å². The Morgan fingerprint density at radius 2 is 1.74 bits per heavy atom. The molecule has 0 radical (unpaired) electrons. The van der Waals surface area contributed by atoms with Crippen molar-refractivity contribution in [3.8, 4) is 5.75 Å². The second kappa shape index (κ2) is 7.53. The van der Waals surface area contributed by atoms with Crippen LogP contribution in [-0.4, -0.2) is 30.1 Å². The Bertz CT molecular complexity index is 523. The third-order valence-electron chi connectivity index (χ3n) is 5.41. The summed E-state index contributed by atoms with van der Waals surface area (Å²) in [5.74, 6) is 1.87. The Labute approximate surface area is 141 Å². The fourth-order valence-electron chi connectivity index (χ4n) is 3.68. The lowest BCUT2D eigenvalue weighted by molar-refractivity contribution is 0.0843. The SMILES string of the molecule is CC1CC=C(c2ccc(OC3CCN(C(C)C)CC3)cc2)CC1. The summed E-state index contributed by atoms with van der Waals surface area (Å²) >= 11 is 0. The second-order valence-electron chi connectivity index (χ2n) is 7.58. The van der Waals surface area contributed by atoms with E-state index < -0.39 is 0 Å². The molecule has 0 amide bonds. The zero-order valence-corrected chi connectivity index (χ0v) is 14.9. The standard InChI is InChI=1S/C21H31NO/c1-16(2)22-14-12-21(13-15-22)23-20-10-8-19(9-11-20)18-6-4-17(3)5-7-18/h6,8-11,16-17,21H,4-5,7,12-15H2,1-3H3. The molecule has 1 saturated heterocycles. The highest BCUT2D eigenvalue weighted by Gasteiger charge is 2.22. The maximum Gasteiger partial charge on any atom is 0.119 e. The number of benzene rings is 1. The van der Waals surface area contributed by atoms with Crippen LogP contribution in [-0.2, 0) is 0 Å². The predicted molar refractivity (Wildman–Crippen MR) is 97.8 cm³/mol. The van der Waals surface area contributed by atoms with Crippen LogP contribution in [0, 0.1) is 5.92 Å². The molecule has 2 nitrogen and oxygen atoms in total. The van der Waals surface area contributed by atoms with Gasteiger partial charge in [-0.25, -0.2) is 0 Å². The maximum absolute atomic E-state index is 6.20. The van der Waals surface area contributed by atoms with E-state index >= 15 is 0 Å². The summed E-state index contributed by atoms with van der Waals surface area (Å²) < 4.78 is 6.20. The molecule has 0 saturated carbocycles. The Morgan fingerprint density at radius 1 is 1.04 bits per heavy atom. The first-order valence-corrected chi connectivity index (χ1v) is 9.32. The van der Waals surface area contributed by atoms with Crippen LogP contribution in [0.4, 0.5) is 0 Å². The van der Waals surface area contributed by atoms with Crippen LogP contribution < -0.4 is 4.74 Å². The summed E-state index contributed by atoms with van der Waals surface area (Å²) in [7, 11) is 0. The molecule has 1 aromatic rings. The highest BCUT2D eigenvalue weighted by atomic mass is 16.5. The average molecular weight is 313 g/mol. The number of allylic oxidation sites excluding steroid dienone is 2. The first-order chi connectivity index (χ1) is 11.1. The molecular formula is C21H31NO. The van der Waals surface area contributed by atoms with Gasteiger partial charge in [0.1, 0.15) is 11.9 Å². The van der Waals surface area contributed by atoms with Gasteiger partial charge in [-0.3, -0.25) is 0 Å². The van der Waals surface area contributed by atoms with E-state index in [0.717, 1.165) is 37.6 Å². The van der Waals surface area contributed by atoms with Crippen LogP contribution >= 0.6 is 0 Å². The molecule has 1 atom stereocenters. The molecule has 2 heteroatoms. The Morgan fingerprint density at radius 3 is 2.30 bits per heavy atom. The minimum atomic E-state index is 0.380. The van der Waals surface area contributed by atoms with Gasteiger partial charge in [-0.15, -0.1) is 0 Å². The minimum absolute atomic E-state index is 0.380. The van der Waals surface area contributed by atoms with Crippen molar-refractivity contribution in [3.05, 3.63) is 35.9 Å². The van der Waals surface area contributed by atoms with Gasteiger partial charge in [-0.2, -0.15) is 0 Å². The fourth-order valence-corrected chi connectivity index (χ4v) is 3.68. The number of ether oxygens (including phenoxy) is 1. The maximum atomic E-state index is 6.20. The summed E-state index contributed by atoms with van der Waals surface area (Å²) in [5.41, 5.74) is 2.89. The number of hydrogen-bond acceptors (Lipinski definition) is 2. The molecule has 3 rings (SSSR count). The molecule has 0 spiro atoms. The van der Waals surface area contributed by atoms with Gasteiger partial charge >= 0.3 is 0 Å². The molecule has 2 aliphatic rings. The van der Waals surface area contributed by atoms with Gasteiger partial charge < -0.3 is 9.64 Å². The van der Waals surface area contributed by atoms with Crippen LogP contribution in [0.2, 0.25) is 0 Å². The molecule has 1 aliphatic carbocycles. The van der Waals surface area contributed by atoms with Gasteiger partial charge in [0.25, 0.3) is 0 Å². The number of rotatable bonds is 4. The predicted octanol–water partition coefficient (Wildman–Crippen LogP) is 5.14. The summed E-state index contributed by atoms with van der Waals surface area (Å²) in [6.07, 6.45) is 8.85. The minimum Gasteiger partial charge on any atom is -0.490 e. The summed E-state index contributed by atoms with van der Waals surface area (Å²) in [6, 6.07) is 9.44. The summed E-state index contributed by atoms with van der Waals surface area (Å²) in [6.45, 7) is 9.22. The lowest BCUT2D eigenvalue weighted by Crippen LogP contribution is -2.41. The van der Waals surface area contributed by atoms with E-state index in [2.05, 4.69) is 56.0 Å². The van der Waals surface area contributed by atoms with Gasteiger partial charge in [0.2, 0.25) is 0 Å². The Kier molecular flexibility index (Phi) is 5.42. The first-order valence-electron chi connectivity index (χ1n) is 9.32. The smallest absolute Gasteiger partial charge is 0.119 e. The van der Waals surface area contributed by atoms with Crippen molar-refractivity contribution in [3.63, 3.8) is 0 Å². The largest absolute Gasteiger partial charge is 0.490 e. The molecule has 1 aliphatic heterocycles. The number of piperidine rings is 1. The van der Waals surface area contributed by atoms with E-state index in [1.54, 1.807) is 0 Å². The van der Waals surface area contributed by atoms with Crippen LogP contribution in [0.3, 0.4) is 0 Å². The highest BCUT2D eigenvalue weighted by molar-refractivity contribution is 5.66. The van der Waals surface area contributed by atoms with Gasteiger partial charge in [0, 0.05) is 19.1 Å². The van der Waals surface area contributed by atoms with Gasteiger partial charge in [-0.1, -0.05) is 25.1 Å². The Balaban J connectivity index is 1.54. The monoisotopic (exact) mass is 313 g/mol. The zero-order valence-electron chi connectivity index (χ0n) is 14.9. The van der Waals surface area contributed by atoms with E-state index in [1.807, 2.05) is 0 Å². The third kappa shape index (κ3) is 4.38. The van der Waals surface area contributed by atoms with Crippen molar-refractivity contribution in [1.29, 1.82) is 0 Å². The first kappa shape index (κ1) is 16.6. The Hall–Kier alpha value is -1.28. The van der Waals surface area contributed by atoms with E-state index in [4.69, 9.17) is 4.74 Å². The van der Waals surface area contributed by atoms with Crippen molar-refractivity contribution < 1.29 is 4.74 Å². The molecule has 1 aromatic carbocycles. The number of hydrogen-bond donors (Lipinski definition) is 0. The number of nitrogens with zero attached hydrogens (tertiary/aromatic N) is 1. The van der Waals surface area contributed by atoms with Crippen molar-refractivity contribution in [2.75, 3.05) is 13.1 Å². The normalized spacial score (nSPS) is 23.8. The zero-order chi connectivity index (χ0) is 16.2. The van der Waals surface area contributed by atoms with E-state index in [-0.39, 0.29) is 0 Å². The highest BCUT2D eigenvalue weighted by Crippen LogP contribution is 2.31. The molecule has 1 heterocycles. The van der Waals surface area contributed by atoms with Crippen molar-refractivity contribution >= 4 is 5.57 Å². The molecule has 126 valence electrons. The van der Waals surface area contributed by atoms with Crippen molar-refractivity contribution in [1.82, 2.24) is 4.90 Å². The summed E-state index contributed by atoms with van der Waals surface area (Å²) in [4.78, 5) is 2.54. The van der Waals surface area contributed by atoms with Crippen molar-refractivity contribution in [2.45, 2.75) is 65.0 Å². The van der Waals surface area contributed by atoms with E-state index in [1.165, 1.54) is 30.4 Å². The van der Waals surface area contributed by atoms with Gasteiger partial charge in [-0.05, 0) is 75.1 Å². The molecule has 0 N–H and O–H groups in total. The number of likely N-dealkylation sites (tertiary alicyclic amines) is 1. The topological polar surface area (TPSA) is 12.5 Å². The molecule has 0 bridgehead atoms.